The SMILES string of the molecule is Cc1ccccc1-n1ncc([C@H](C)NC(=O)c2cn[nH]c2-n2cnnn2)c1C. The van der Waals surface area contributed by atoms with E-state index in [0.29, 0.717) is 11.4 Å². The number of H-pyrrole nitrogens is 1. The molecule has 1 amide bonds. The molecule has 0 unspecified atom stereocenters. The number of carbonyl (C=O) groups is 1. The van der Waals surface area contributed by atoms with Crippen LogP contribution in [0.2, 0.25) is 0 Å². The molecule has 0 aliphatic rings. The van der Waals surface area contributed by atoms with Gasteiger partial charge in [0.1, 0.15) is 11.9 Å². The van der Waals surface area contributed by atoms with Crippen LogP contribution in [0.15, 0.2) is 43.0 Å². The molecule has 10 heteroatoms. The van der Waals surface area contributed by atoms with Gasteiger partial charge in [0.25, 0.3) is 5.91 Å². The van der Waals surface area contributed by atoms with Gasteiger partial charge in [-0.3, -0.25) is 9.89 Å². The molecule has 0 radical (unpaired) electrons. The van der Waals surface area contributed by atoms with Crippen LogP contribution in [0.3, 0.4) is 0 Å². The van der Waals surface area contributed by atoms with E-state index in [1.165, 1.54) is 17.2 Å². The Balaban J connectivity index is 1.57. The lowest BCUT2D eigenvalue weighted by Gasteiger charge is -2.14. The number of carbonyl (C=O) groups excluding carboxylic acids is 1. The topological polar surface area (TPSA) is 119 Å². The van der Waals surface area contributed by atoms with Gasteiger partial charge in [-0.2, -0.15) is 14.9 Å². The summed E-state index contributed by atoms with van der Waals surface area (Å²) < 4.78 is 3.24. The second-order valence-electron chi connectivity index (χ2n) is 6.47. The van der Waals surface area contributed by atoms with Crippen LogP contribution in [0.5, 0.6) is 0 Å². The minimum Gasteiger partial charge on any atom is -0.345 e. The van der Waals surface area contributed by atoms with Crippen molar-refractivity contribution in [3.63, 3.8) is 0 Å². The van der Waals surface area contributed by atoms with Gasteiger partial charge in [-0.15, -0.1) is 5.10 Å². The maximum atomic E-state index is 12.8. The van der Waals surface area contributed by atoms with Crippen molar-refractivity contribution < 1.29 is 4.79 Å². The maximum Gasteiger partial charge on any atom is 0.257 e. The standard InChI is InChI=1S/C18H19N9O/c1-11-6-4-5-7-16(11)27-13(3)14(9-21-27)12(2)22-18(28)15-8-19-23-17(15)26-10-20-24-25-26/h4-10,12H,1-3H3,(H,19,23)(H,22,28)/t12-/m0/s1. The Labute approximate surface area is 160 Å². The summed E-state index contributed by atoms with van der Waals surface area (Å²) in [7, 11) is 0. The molecule has 0 aliphatic carbocycles. The summed E-state index contributed by atoms with van der Waals surface area (Å²) >= 11 is 0. The van der Waals surface area contributed by atoms with Gasteiger partial charge in [-0.05, 0) is 42.8 Å². The highest BCUT2D eigenvalue weighted by molar-refractivity contribution is 5.97. The van der Waals surface area contributed by atoms with E-state index in [4.69, 9.17) is 0 Å². The van der Waals surface area contributed by atoms with Crippen LogP contribution in [0.4, 0.5) is 0 Å². The molecule has 0 bridgehead atoms. The van der Waals surface area contributed by atoms with Crippen LogP contribution >= 0.6 is 0 Å². The Bertz CT molecular complexity index is 1110. The highest BCUT2D eigenvalue weighted by Crippen LogP contribution is 2.22. The third-order valence-electron chi connectivity index (χ3n) is 4.65. The zero-order valence-electron chi connectivity index (χ0n) is 15.7. The van der Waals surface area contributed by atoms with E-state index < -0.39 is 0 Å². The summed E-state index contributed by atoms with van der Waals surface area (Å²) in [5.74, 6) is 0.122. The van der Waals surface area contributed by atoms with Crippen LogP contribution < -0.4 is 5.32 Å². The fourth-order valence-electron chi connectivity index (χ4n) is 3.13. The van der Waals surface area contributed by atoms with Crippen molar-refractivity contribution in [1.82, 2.24) is 45.5 Å². The fourth-order valence-corrected chi connectivity index (χ4v) is 3.13. The molecule has 3 heterocycles. The molecular formula is C18H19N9O. The lowest BCUT2D eigenvalue weighted by Crippen LogP contribution is -2.27. The number of para-hydroxylation sites is 1. The number of benzene rings is 1. The lowest BCUT2D eigenvalue weighted by atomic mass is 10.1. The molecule has 1 aromatic carbocycles. The quantitative estimate of drug-likeness (QED) is 0.546. The Hall–Kier alpha value is -3.82. The van der Waals surface area contributed by atoms with Gasteiger partial charge in [0.05, 0.1) is 24.1 Å². The van der Waals surface area contributed by atoms with Crippen molar-refractivity contribution in [3.8, 4) is 11.5 Å². The number of rotatable bonds is 5. The first-order valence-corrected chi connectivity index (χ1v) is 8.74. The molecule has 4 aromatic rings. The Morgan fingerprint density at radius 1 is 1.21 bits per heavy atom. The minimum atomic E-state index is -0.283. The molecule has 3 aromatic heterocycles. The van der Waals surface area contributed by atoms with Crippen molar-refractivity contribution in [2.45, 2.75) is 26.8 Å². The highest BCUT2D eigenvalue weighted by atomic mass is 16.1. The predicted molar refractivity (Wildman–Crippen MR) is 100 cm³/mol. The van der Waals surface area contributed by atoms with E-state index in [9.17, 15) is 4.79 Å². The second-order valence-corrected chi connectivity index (χ2v) is 6.47. The van der Waals surface area contributed by atoms with Gasteiger partial charge in [0, 0.05) is 11.3 Å². The number of hydrogen-bond acceptors (Lipinski definition) is 6. The molecule has 10 nitrogen and oxygen atoms in total. The van der Waals surface area contributed by atoms with Gasteiger partial charge >= 0.3 is 0 Å². The number of aromatic nitrogens is 8. The second kappa shape index (κ2) is 7.06. The summed E-state index contributed by atoms with van der Waals surface area (Å²) in [6.45, 7) is 5.95. The van der Waals surface area contributed by atoms with Gasteiger partial charge in [0.2, 0.25) is 0 Å². The maximum absolute atomic E-state index is 12.8. The van der Waals surface area contributed by atoms with E-state index >= 15 is 0 Å². The first-order valence-electron chi connectivity index (χ1n) is 8.74. The number of hydrogen-bond donors (Lipinski definition) is 2. The van der Waals surface area contributed by atoms with Crippen molar-refractivity contribution in [2.24, 2.45) is 0 Å². The van der Waals surface area contributed by atoms with Crippen molar-refractivity contribution in [2.75, 3.05) is 0 Å². The van der Waals surface area contributed by atoms with Crippen LogP contribution in [0.25, 0.3) is 11.5 Å². The van der Waals surface area contributed by atoms with Crippen molar-refractivity contribution in [1.29, 1.82) is 0 Å². The first kappa shape index (κ1) is 17.6. The van der Waals surface area contributed by atoms with Crippen molar-refractivity contribution in [3.05, 3.63) is 65.4 Å². The predicted octanol–water partition coefficient (Wildman–Crippen LogP) is 1.68. The molecule has 1 atom stereocenters. The average Bonchev–Trinajstić information content (AvgIpc) is 3.42. The van der Waals surface area contributed by atoms with E-state index in [0.717, 1.165) is 22.5 Å². The van der Waals surface area contributed by atoms with Crippen LogP contribution in [0.1, 0.15) is 40.1 Å². The number of nitrogens with one attached hydrogen (secondary N) is 2. The van der Waals surface area contributed by atoms with E-state index in [-0.39, 0.29) is 11.9 Å². The van der Waals surface area contributed by atoms with Gasteiger partial charge in [-0.25, -0.2) is 4.68 Å². The molecule has 0 saturated carbocycles. The lowest BCUT2D eigenvalue weighted by molar-refractivity contribution is 0.0939. The molecular weight excluding hydrogens is 358 g/mol. The molecule has 142 valence electrons. The molecule has 28 heavy (non-hydrogen) atoms. The van der Waals surface area contributed by atoms with Gasteiger partial charge in [-0.1, -0.05) is 18.2 Å². The van der Waals surface area contributed by atoms with E-state index in [1.54, 1.807) is 6.20 Å². The molecule has 0 saturated heterocycles. The largest absolute Gasteiger partial charge is 0.345 e. The average molecular weight is 377 g/mol. The van der Waals surface area contributed by atoms with Crippen LogP contribution in [-0.4, -0.2) is 46.1 Å². The van der Waals surface area contributed by atoms with Gasteiger partial charge in [0.15, 0.2) is 5.82 Å². The number of aromatic amines is 1. The first-order chi connectivity index (χ1) is 13.6. The Kier molecular flexibility index (Phi) is 4.44. The molecule has 2 N–H and O–H groups in total. The van der Waals surface area contributed by atoms with E-state index in [1.807, 2.05) is 49.7 Å². The summed E-state index contributed by atoms with van der Waals surface area (Å²) in [6.07, 6.45) is 4.62. The van der Waals surface area contributed by atoms with Crippen molar-refractivity contribution >= 4 is 5.91 Å². The minimum absolute atomic E-state index is 0.248. The van der Waals surface area contributed by atoms with Gasteiger partial charge < -0.3 is 5.32 Å². The van der Waals surface area contributed by atoms with Crippen LogP contribution in [-0.2, 0) is 0 Å². The molecule has 4 rings (SSSR count). The fraction of sp³-hybridized carbons (Fsp3) is 0.222. The summed E-state index contributed by atoms with van der Waals surface area (Å²) in [5, 5.41) is 25.1. The smallest absolute Gasteiger partial charge is 0.257 e. The molecule has 0 spiro atoms. The summed E-state index contributed by atoms with van der Waals surface area (Å²) in [4.78, 5) is 12.8. The summed E-state index contributed by atoms with van der Waals surface area (Å²) in [6, 6.07) is 7.79. The monoisotopic (exact) mass is 377 g/mol. The zero-order valence-corrected chi connectivity index (χ0v) is 15.7. The zero-order chi connectivity index (χ0) is 19.7. The highest BCUT2D eigenvalue weighted by Gasteiger charge is 2.21. The molecule has 0 fully saturated rings. The Morgan fingerprint density at radius 3 is 2.79 bits per heavy atom. The summed E-state index contributed by atoms with van der Waals surface area (Å²) in [5.41, 5.74) is 4.39. The third kappa shape index (κ3) is 3.04. The Morgan fingerprint density at radius 2 is 2.04 bits per heavy atom. The number of tetrazole rings is 1. The van der Waals surface area contributed by atoms with Crippen LogP contribution in [0, 0.1) is 13.8 Å². The molecule has 0 aliphatic heterocycles. The van der Waals surface area contributed by atoms with E-state index in [2.05, 4.69) is 36.1 Å². The normalized spacial score (nSPS) is 12.1. The number of amides is 1. The third-order valence-corrected chi connectivity index (χ3v) is 4.65. The number of nitrogens with zero attached hydrogens (tertiary/aromatic N) is 7. The number of aryl methyl sites for hydroxylation is 1.